The van der Waals surface area contributed by atoms with Crippen LogP contribution in [0.25, 0.3) is 0 Å². The van der Waals surface area contributed by atoms with E-state index in [1.807, 2.05) is 6.92 Å². The zero-order chi connectivity index (χ0) is 17.8. The number of esters is 1. The summed E-state index contributed by atoms with van der Waals surface area (Å²) in [5.74, 6) is 4.39. The van der Waals surface area contributed by atoms with Gasteiger partial charge in [-0.2, -0.15) is 0 Å². The summed E-state index contributed by atoms with van der Waals surface area (Å²) in [4.78, 5) is 11.4. The molecule has 0 spiro atoms. The van der Waals surface area contributed by atoms with Crippen LogP contribution < -0.4 is 0 Å². The van der Waals surface area contributed by atoms with Gasteiger partial charge in [-0.1, -0.05) is 26.7 Å². The average Bonchev–Trinajstić information content (AvgIpc) is 2.91. The lowest BCUT2D eigenvalue weighted by Gasteiger charge is -2.60. The Balaban J connectivity index is 1.63. The molecule has 0 amide bonds. The summed E-state index contributed by atoms with van der Waals surface area (Å²) in [6.45, 7) is 8.68. The van der Waals surface area contributed by atoms with E-state index in [4.69, 9.17) is 4.74 Å². The van der Waals surface area contributed by atoms with Crippen molar-refractivity contribution in [2.75, 3.05) is 0 Å². The van der Waals surface area contributed by atoms with Crippen LogP contribution in [0.2, 0.25) is 0 Å². The maximum Gasteiger partial charge on any atom is 0.307 e. The molecule has 0 heterocycles. The van der Waals surface area contributed by atoms with Crippen LogP contribution in [-0.4, -0.2) is 5.97 Å². The van der Waals surface area contributed by atoms with Crippen molar-refractivity contribution in [1.82, 2.24) is 0 Å². The molecule has 0 bridgehead atoms. The molecule has 2 heteroatoms. The standard InChI is InChI=1S/C23H36O2/c1-15(25-16(2)24)19-10-11-20-18-9-8-17-7-5-6-13-22(17,3)21(18)12-14-23(19,20)4/h17-18,20-21H,5-14H2,1-4H3/b19-15+. The van der Waals surface area contributed by atoms with E-state index < -0.39 is 0 Å². The molecule has 2 nitrogen and oxygen atoms in total. The first-order valence-electron chi connectivity index (χ1n) is 10.7. The summed E-state index contributed by atoms with van der Waals surface area (Å²) in [6.07, 6.45) is 13.9. The third kappa shape index (κ3) is 2.61. The molecule has 0 aromatic rings. The van der Waals surface area contributed by atoms with E-state index in [9.17, 15) is 4.79 Å². The SMILES string of the molecule is CC(=O)O/C(C)=C1\CCC2C3CCC4CCCCC4(C)C3CCC12C. The predicted octanol–water partition coefficient (Wildman–Crippen LogP) is 6.26. The van der Waals surface area contributed by atoms with E-state index in [1.54, 1.807) is 0 Å². The number of carbonyl (C=O) groups excluding carboxylic acids is 1. The van der Waals surface area contributed by atoms with Gasteiger partial charge in [-0.25, -0.2) is 0 Å². The Morgan fingerprint density at radius 3 is 2.52 bits per heavy atom. The lowest BCUT2D eigenvalue weighted by molar-refractivity contribution is -0.137. The van der Waals surface area contributed by atoms with Gasteiger partial charge in [0.05, 0.1) is 0 Å². The van der Waals surface area contributed by atoms with E-state index in [0.29, 0.717) is 5.41 Å². The van der Waals surface area contributed by atoms with Crippen LogP contribution in [0.4, 0.5) is 0 Å². The summed E-state index contributed by atoms with van der Waals surface area (Å²) in [7, 11) is 0. The fourth-order valence-electron chi connectivity index (χ4n) is 7.96. The quantitative estimate of drug-likeness (QED) is 0.415. The molecule has 4 saturated carbocycles. The minimum Gasteiger partial charge on any atom is -0.432 e. The third-order valence-electron chi connectivity index (χ3n) is 9.09. The minimum atomic E-state index is -0.166. The molecule has 4 rings (SSSR count). The first-order chi connectivity index (χ1) is 11.9. The van der Waals surface area contributed by atoms with E-state index in [2.05, 4.69) is 13.8 Å². The maximum atomic E-state index is 11.4. The van der Waals surface area contributed by atoms with Gasteiger partial charge in [0.2, 0.25) is 0 Å². The highest BCUT2D eigenvalue weighted by molar-refractivity contribution is 5.67. The van der Waals surface area contributed by atoms with Gasteiger partial charge in [-0.05, 0) is 98.4 Å². The second-order valence-electron chi connectivity index (χ2n) is 10.0. The second kappa shape index (κ2) is 6.13. The van der Waals surface area contributed by atoms with Crippen molar-refractivity contribution in [1.29, 1.82) is 0 Å². The highest BCUT2D eigenvalue weighted by atomic mass is 16.5. The van der Waals surface area contributed by atoms with Gasteiger partial charge in [-0.15, -0.1) is 0 Å². The number of allylic oxidation sites excluding steroid dienone is 2. The van der Waals surface area contributed by atoms with Crippen molar-refractivity contribution in [3.05, 3.63) is 11.3 Å². The second-order valence-corrected chi connectivity index (χ2v) is 10.0. The number of carbonyl (C=O) groups is 1. The molecule has 6 atom stereocenters. The molecule has 0 radical (unpaired) electrons. The maximum absolute atomic E-state index is 11.4. The summed E-state index contributed by atoms with van der Waals surface area (Å²) in [5, 5.41) is 0. The summed E-state index contributed by atoms with van der Waals surface area (Å²) in [5.41, 5.74) is 2.35. The Bertz CT molecular complexity index is 591. The zero-order valence-electron chi connectivity index (χ0n) is 16.7. The first kappa shape index (κ1) is 17.6. The Labute approximate surface area is 153 Å². The molecule has 25 heavy (non-hydrogen) atoms. The van der Waals surface area contributed by atoms with E-state index in [-0.39, 0.29) is 11.4 Å². The highest BCUT2D eigenvalue weighted by Gasteiger charge is 2.58. The van der Waals surface area contributed by atoms with E-state index >= 15 is 0 Å². The predicted molar refractivity (Wildman–Crippen MR) is 101 cm³/mol. The fraction of sp³-hybridized carbons (Fsp3) is 0.870. The number of hydrogen-bond donors (Lipinski definition) is 0. The fourth-order valence-corrected chi connectivity index (χ4v) is 7.96. The zero-order valence-corrected chi connectivity index (χ0v) is 16.7. The molecular formula is C23H36O2. The average molecular weight is 345 g/mol. The molecular weight excluding hydrogens is 308 g/mol. The first-order valence-corrected chi connectivity index (χ1v) is 10.7. The van der Waals surface area contributed by atoms with Crippen LogP contribution in [0.3, 0.4) is 0 Å². The molecule has 4 aliphatic carbocycles. The highest BCUT2D eigenvalue weighted by Crippen LogP contribution is 2.67. The Morgan fingerprint density at radius 2 is 1.76 bits per heavy atom. The van der Waals surface area contributed by atoms with Crippen molar-refractivity contribution >= 4 is 5.97 Å². The van der Waals surface area contributed by atoms with Crippen LogP contribution in [0.5, 0.6) is 0 Å². The van der Waals surface area contributed by atoms with Crippen molar-refractivity contribution in [3.63, 3.8) is 0 Å². The van der Waals surface area contributed by atoms with Crippen molar-refractivity contribution in [2.24, 2.45) is 34.5 Å². The summed E-state index contributed by atoms with van der Waals surface area (Å²) < 4.78 is 5.53. The molecule has 4 aliphatic rings. The Morgan fingerprint density at radius 1 is 0.960 bits per heavy atom. The van der Waals surface area contributed by atoms with Crippen molar-refractivity contribution in [2.45, 2.75) is 91.9 Å². The van der Waals surface area contributed by atoms with Crippen LogP contribution in [-0.2, 0) is 9.53 Å². The summed E-state index contributed by atoms with van der Waals surface area (Å²) in [6, 6.07) is 0. The molecule has 0 aromatic carbocycles. The number of rotatable bonds is 1. The normalized spacial score (nSPS) is 48.2. The van der Waals surface area contributed by atoms with Gasteiger partial charge >= 0.3 is 5.97 Å². The van der Waals surface area contributed by atoms with Crippen LogP contribution in [0.15, 0.2) is 11.3 Å². The smallest absolute Gasteiger partial charge is 0.307 e. The molecule has 0 aliphatic heterocycles. The van der Waals surface area contributed by atoms with Crippen LogP contribution in [0.1, 0.15) is 91.9 Å². The van der Waals surface area contributed by atoms with E-state index in [0.717, 1.165) is 35.9 Å². The Kier molecular flexibility index (Phi) is 4.32. The lowest BCUT2D eigenvalue weighted by atomic mass is 9.45. The van der Waals surface area contributed by atoms with Crippen LogP contribution in [0, 0.1) is 34.5 Å². The van der Waals surface area contributed by atoms with Gasteiger partial charge in [0, 0.05) is 6.92 Å². The van der Waals surface area contributed by atoms with Crippen LogP contribution >= 0.6 is 0 Å². The van der Waals surface area contributed by atoms with Gasteiger partial charge in [0.1, 0.15) is 5.76 Å². The molecule has 0 N–H and O–H groups in total. The molecule has 0 saturated heterocycles. The molecule has 6 unspecified atom stereocenters. The number of hydrogen-bond acceptors (Lipinski definition) is 2. The van der Waals surface area contributed by atoms with Crippen molar-refractivity contribution < 1.29 is 9.53 Å². The van der Waals surface area contributed by atoms with E-state index in [1.165, 1.54) is 70.3 Å². The van der Waals surface area contributed by atoms with Gasteiger partial charge in [0.25, 0.3) is 0 Å². The van der Waals surface area contributed by atoms with Gasteiger partial charge < -0.3 is 4.74 Å². The van der Waals surface area contributed by atoms with Crippen molar-refractivity contribution in [3.8, 4) is 0 Å². The molecule has 4 fully saturated rings. The molecule has 140 valence electrons. The topological polar surface area (TPSA) is 26.3 Å². The lowest BCUT2D eigenvalue weighted by Crippen LogP contribution is -2.52. The Hall–Kier alpha value is -0.790. The van der Waals surface area contributed by atoms with Gasteiger partial charge in [0.15, 0.2) is 0 Å². The minimum absolute atomic E-state index is 0.166. The largest absolute Gasteiger partial charge is 0.432 e. The number of ether oxygens (including phenoxy) is 1. The van der Waals surface area contributed by atoms with Gasteiger partial charge in [-0.3, -0.25) is 4.79 Å². The molecule has 0 aromatic heterocycles. The monoisotopic (exact) mass is 344 g/mol. The number of fused-ring (bicyclic) bond motifs is 5. The third-order valence-corrected chi connectivity index (χ3v) is 9.09. The summed E-state index contributed by atoms with van der Waals surface area (Å²) >= 11 is 0.